The summed E-state index contributed by atoms with van der Waals surface area (Å²) in [5.74, 6) is 5.33. The molecule has 3 N–H and O–H groups in total. The minimum absolute atomic E-state index is 0.135. The Hall–Kier alpha value is -3.77. The molecule has 0 radical (unpaired) electrons. The molecule has 11 nitrogen and oxygen atoms in total. The Morgan fingerprint density at radius 1 is 1.19 bits per heavy atom. The van der Waals surface area contributed by atoms with Gasteiger partial charge in [0.15, 0.2) is 5.13 Å². The molecule has 2 aliphatic carbocycles. The van der Waals surface area contributed by atoms with Gasteiger partial charge in [0.2, 0.25) is 12.1 Å². The number of nitrogens with one attached hydrogen (secondary N) is 1. The van der Waals surface area contributed by atoms with E-state index in [2.05, 4.69) is 24.2 Å². The summed E-state index contributed by atoms with van der Waals surface area (Å²) in [6, 6.07) is 7.87. The number of aromatic nitrogens is 1. The first-order valence-corrected chi connectivity index (χ1v) is 15.8. The number of carbonyl (C=O) groups is 4. The van der Waals surface area contributed by atoms with E-state index in [0.717, 1.165) is 42.3 Å². The molecule has 1 aromatic heterocycles. The number of aldehydes is 1. The van der Waals surface area contributed by atoms with Crippen molar-refractivity contribution in [2.24, 2.45) is 17.7 Å². The van der Waals surface area contributed by atoms with Crippen LogP contribution in [0.4, 0.5) is 9.93 Å². The van der Waals surface area contributed by atoms with Gasteiger partial charge in [-0.3, -0.25) is 24.8 Å². The Balaban J connectivity index is 1.43. The highest BCUT2D eigenvalue weighted by Gasteiger charge is 2.42. The van der Waals surface area contributed by atoms with E-state index in [1.165, 1.54) is 22.7 Å². The van der Waals surface area contributed by atoms with Crippen LogP contribution in [-0.2, 0) is 14.3 Å². The molecule has 0 spiro atoms. The van der Waals surface area contributed by atoms with Crippen LogP contribution in [0.5, 0.6) is 0 Å². The summed E-state index contributed by atoms with van der Waals surface area (Å²) < 4.78 is 6.03. The lowest BCUT2D eigenvalue weighted by Crippen LogP contribution is -2.48. The quantitative estimate of drug-likeness (QED) is 0.153. The molecule has 12 heteroatoms. The maximum atomic E-state index is 14.0. The number of carbonyl (C=O) groups excluding carboxylic acids is 4. The minimum atomic E-state index is -0.944. The van der Waals surface area contributed by atoms with Gasteiger partial charge in [0.05, 0.1) is 18.2 Å². The summed E-state index contributed by atoms with van der Waals surface area (Å²) in [6.45, 7) is 6.78. The number of benzene rings is 1. The molecule has 2 saturated carbocycles. The van der Waals surface area contributed by atoms with Crippen LogP contribution >= 0.6 is 11.3 Å². The molecule has 2 aromatic rings. The third kappa shape index (κ3) is 6.75. The Morgan fingerprint density at radius 3 is 2.49 bits per heavy atom. The van der Waals surface area contributed by atoms with E-state index in [1.54, 1.807) is 24.4 Å². The van der Waals surface area contributed by atoms with Crippen LogP contribution in [0, 0.1) is 11.8 Å². The molecule has 2 atom stereocenters. The number of nitrogens with two attached hydrogens (primary N) is 1. The van der Waals surface area contributed by atoms with Crippen molar-refractivity contribution in [1.29, 1.82) is 0 Å². The van der Waals surface area contributed by atoms with Crippen LogP contribution in [0.25, 0.3) is 0 Å². The summed E-state index contributed by atoms with van der Waals surface area (Å²) in [5.41, 5.74) is 3.22. The zero-order valence-electron chi connectivity index (χ0n) is 24.9. The van der Waals surface area contributed by atoms with Gasteiger partial charge in [0, 0.05) is 23.5 Å². The molecule has 5 rings (SSSR count). The van der Waals surface area contributed by atoms with Crippen molar-refractivity contribution in [3.05, 3.63) is 58.4 Å². The van der Waals surface area contributed by atoms with Crippen molar-refractivity contribution in [1.82, 2.24) is 20.2 Å². The summed E-state index contributed by atoms with van der Waals surface area (Å²) >= 11 is 1.38. The molecular formula is C31H40N6O5S. The van der Waals surface area contributed by atoms with Gasteiger partial charge in [-0.05, 0) is 44.4 Å². The van der Waals surface area contributed by atoms with Gasteiger partial charge in [-0.1, -0.05) is 57.0 Å². The van der Waals surface area contributed by atoms with Gasteiger partial charge >= 0.3 is 6.03 Å². The summed E-state index contributed by atoms with van der Waals surface area (Å²) in [7, 11) is 0. The van der Waals surface area contributed by atoms with Crippen LogP contribution in [0.2, 0.25) is 0 Å². The maximum absolute atomic E-state index is 14.0. The zero-order valence-corrected chi connectivity index (χ0v) is 25.7. The lowest BCUT2D eigenvalue weighted by Gasteiger charge is -2.38. The monoisotopic (exact) mass is 608 g/mol. The summed E-state index contributed by atoms with van der Waals surface area (Å²) in [4.78, 5) is 62.7. The van der Waals surface area contributed by atoms with E-state index in [9.17, 15) is 19.2 Å². The van der Waals surface area contributed by atoms with Gasteiger partial charge in [-0.2, -0.15) is 0 Å². The normalized spacial score (nSPS) is 19.1. The first kappa shape index (κ1) is 30.7. The number of imide groups is 1. The number of amides is 4. The van der Waals surface area contributed by atoms with Gasteiger partial charge in [0.1, 0.15) is 17.7 Å². The van der Waals surface area contributed by atoms with Crippen LogP contribution in [0.15, 0.2) is 47.2 Å². The largest absolute Gasteiger partial charge is 0.469 e. The van der Waals surface area contributed by atoms with E-state index in [4.69, 9.17) is 15.6 Å². The summed E-state index contributed by atoms with van der Waals surface area (Å²) in [6.07, 6.45) is 5.13. The van der Waals surface area contributed by atoms with E-state index in [-0.39, 0.29) is 23.7 Å². The van der Waals surface area contributed by atoms with Gasteiger partial charge < -0.3 is 14.4 Å². The van der Waals surface area contributed by atoms with E-state index in [0.29, 0.717) is 36.0 Å². The predicted molar refractivity (Wildman–Crippen MR) is 162 cm³/mol. The molecule has 1 aliphatic heterocycles. The molecule has 4 amide bonds. The number of urea groups is 1. The molecule has 1 unspecified atom stereocenters. The highest BCUT2D eigenvalue weighted by molar-refractivity contribution is 7.14. The van der Waals surface area contributed by atoms with Crippen molar-refractivity contribution in [2.45, 2.75) is 84.0 Å². The van der Waals surface area contributed by atoms with Crippen LogP contribution < -0.4 is 16.2 Å². The topological polar surface area (TPSA) is 138 Å². The minimum Gasteiger partial charge on any atom is -0.469 e. The molecule has 0 bridgehead atoms. The zero-order chi connectivity index (χ0) is 30.7. The molecule has 1 aromatic carbocycles. The molecule has 2 heterocycles. The van der Waals surface area contributed by atoms with Gasteiger partial charge in [-0.15, -0.1) is 11.3 Å². The first-order valence-electron chi connectivity index (χ1n) is 15.0. The van der Waals surface area contributed by atoms with Crippen molar-refractivity contribution in [2.75, 3.05) is 11.4 Å². The number of rotatable bonds is 12. The van der Waals surface area contributed by atoms with Crippen LogP contribution in [-0.4, -0.2) is 57.5 Å². The fourth-order valence-corrected chi connectivity index (χ4v) is 6.51. The second-order valence-electron chi connectivity index (χ2n) is 12.0. The fraction of sp³-hybridized carbons (Fsp3) is 0.516. The Bertz CT molecular complexity index is 1370. The number of ether oxygens (including phenoxy) is 1. The number of nitrogens with zero attached hydrogens (tertiary/aromatic N) is 4. The number of thiazole rings is 1. The van der Waals surface area contributed by atoms with Crippen molar-refractivity contribution >= 4 is 40.6 Å². The van der Waals surface area contributed by atoms with Gasteiger partial charge in [0.25, 0.3) is 5.91 Å². The van der Waals surface area contributed by atoms with Crippen molar-refractivity contribution in [3.8, 4) is 0 Å². The van der Waals surface area contributed by atoms with E-state index >= 15 is 0 Å². The fourth-order valence-electron chi connectivity index (χ4n) is 5.63. The lowest BCUT2D eigenvalue weighted by molar-refractivity contribution is -0.133. The third-order valence-electron chi connectivity index (χ3n) is 8.25. The number of hydrogen-bond donors (Lipinski definition) is 2. The second-order valence-corrected chi connectivity index (χ2v) is 12.8. The van der Waals surface area contributed by atoms with E-state index < -0.39 is 30.1 Å². The molecule has 43 heavy (non-hydrogen) atoms. The number of allylic oxidation sites excluding steroid dienone is 1. The van der Waals surface area contributed by atoms with Gasteiger partial charge in [-0.25, -0.2) is 15.6 Å². The van der Waals surface area contributed by atoms with E-state index in [1.807, 2.05) is 18.2 Å². The molecule has 3 aliphatic rings. The Morgan fingerprint density at radius 2 is 1.91 bits per heavy atom. The smallest absolute Gasteiger partial charge is 0.339 e. The average molecular weight is 609 g/mol. The molecule has 230 valence electrons. The Kier molecular flexibility index (Phi) is 9.46. The molecule has 2 fully saturated rings. The van der Waals surface area contributed by atoms with Crippen molar-refractivity contribution in [3.63, 3.8) is 0 Å². The predicted octanol–water partition coefficient (Wildman–Crippen LogP) is 4.73. The SMILES string of the molecule is CC1=C(CC(=O)N(C(=O)c2csc(N(CC(C)C)C3CCC3)n2)[C@H](C=O)CC2CC2)N(C(=O)NN)C(c2ccccc2)O1. The second kappa shape index (κ2) is 13.3. The average Bonchev–Trinajstić information content (AvgIpc) is 3.54. The van der Waals surface area contributed by atoms with Crippen LogP contribution in [0.3, 0.4) is 0 Å². The maximum Gasteiger partial charge on any atom is 0.339 e. The lowest BCUT2D eigenvalue weighted by atomic mass is 9.91. The molecular weight excluding hydrogens is 568 g/mol. The summed E-state index contributed by atoms with van der Waals surface area (Å²) in [5, 5.41) is 2.42. The third-order valence-corrected chi connectivity index (χ3v) is 9.13. The standard InChI is InChI=1S/C31H40N6O5S/c1-19(2)16-35(23-10-7-11-23)31-33-25(18-43-31)28(40)36(24(17-38)14-21-12-13-21)27(39)15-26-20(3)42-29(37(26)30(41)34-32)22-8-5-4-6-9-22/h4-6,8-9,17-19,21,23-24,29H,7,10-16,32H2,1-3H3,(H,34,41)/t24-,29?/m0/s1. The number of hydrogen-bond acceptors (Lipinski definition) is 9. The number of hydrazine groups is 1. The van der Waals surface area contributed by atoms with Crippen LogP contribution in [0.1, 0.15) is 88.0 Å². The Labute approximate surface area is 256 Å². The highest BCUT2D eigenvalue weighted by atomic mass is 32.1. The molecule has 0 saturated heterocycles. The number of anilines is 1. The highest BCUT2D eigenvalue weighted by Crippen LogP contribution is 2.39. The van der Waals surface area contributed by atoms with Crippen molar-refractivity contribution < 1.29 is 23.9 Å². The first-order chi connectivity index (χ1) is 20.7.